The summed E-state index contributed by atoms with van der Waals surface area (Å²) in [5, 5.41) is 5.67. The van der Waals surface area contributed by atoms with E-state index in [1.165, 1.54) is 10.5 Å². The van der Waals surface area contributed by atoms with Crippen LogP contribution in [0, 0.1) is 0 Å². The van der Waals surface area contributed by atoms with E-state index in [9.17, 15) is 14.4 Å². The number of benzene rings is 2. The minimum atomic E-state index is -1.39. The van der Waals surface area contributed by atoms with Crippen LogP contribution in [0.3, 0.4) is 0 Å². The number of carbonyl (C=O) groups excluding carboxylic acids is 3. The standard InChI is InChI=1S/C22H23N3O3/c1-2-3-6-15-9-11-16(12-10-15)23-21(28)22-14-13-19(26)25(22)18-8-5-4-7-17(18)20(27)24-22/h4-5,7-12H,2-3,6,13-14H2,1H3,(H,23,28)(H,24,27)/t22-/m1/s1. The highest BCUT2D eigenvalue weighted by atomic mass is 16.2. The number of unbranched alkanes of at least 4 members (excludes halogenated alkanes) is 1. The molecule has 28 heavy (non-hydrogen) atoms. The first-order valence-corrected chi connectivity index (χ1v) is 9.70. The smallest absolute Gasteiger partial charge is 0.271 e. The van der Waals surface area contributed by atoms with Crippen molar-refractivity contribution in [3.63, 3.8) is 0 Å². The number of amides is 3. The number of aryl methyl sites for hydroxylation is 1. The van der Waals surface area contributed by atoms with Crippen molar-refractivity contribution in [2.24, 2.45) is 0 Å². The van der Waals surface area contributed by atoms with Crippen LogP contribution in [0.15, 0.2) is 48.5 Å². The molecule has 1 saturated heterocycles. The largest absolute Gasteiger partial charge is 0.322 e. The molecule has 6 nitrogen and oxygen atoms in total. The zero-order valence-corrected chi connectivity index (χ0v) is 15.8. The average Bonchev–Trinajstić information content (AvgIpc) is 3.05. The molecular weight excluding hydrogens is 354 g/mol. The van der Waals surface area contributed by atoms with Crippen LogP contribution in [-0.4, -0.2) is 23.4 Å². The van der Waals surface area contributed by atoms with Gasteiger partial charge in [-0.25, -0.2) is 0 Å². The summed E-state index contributed by atoms with van der Waals surface area (Å²) in [5.41, 5.74) is 1.37. The quantitative estimate of drug-likeness (QED) is 0.840. The first-order valence-electron chi connectivity index (χ1n) is 9.70. The second kappa shape index (κ2) is 7.11. The molecule has 0 saturated carbocycles. The van der Waals surface area contributed by atoms with Gasteiger partial charge in [-0.2, -0.15) is 0 Å². The molecule has 144 valence electrons. The third-order valence-corrected chi connectivity index (χ3v) is 5.45. The van der Waals surface area contributed by atoms with Gasteiger partial charge in [-0.3, -0.25) is 19.3 Å². The lowest BCUT2D eigenvalue weighted by Gasteiger charge is -2.41. The van der Waals surface area contributed by atoms with Gasteiger partial charge in [0, 0.05) is 18.5 Å². The molecule has 3 amide bonds. The van der Waals surface area contributed by atoms with Gasteiger partial charge in [-0.05, 0) is 42.7 Å². The van der Waals surface area contributed by atoms with Crippen molar-refractivity contribution in [3.8, 4) is 0 Å². The van der Waals surface area contributed by atoms with Gasteiger partial charge in [0.15, 0.2) is 0 Å². The van der Waals surface area contributed by atoms with Crippen molar-refractivity contribution in [3.05, 3.63) is 59.7 Å². The highest BCUT2D eigenvalue weighted by Gasteiger charge is 2.56. The van der Waals surface area contributed by atoms with Crippen LogP contribution in [0.5, 0.6) is 0 Å². The Morgan fingerprint density at radius 1 is 1.14 bits per heavy atom. The summed E-state index contributed by atoms with van der Waals surface area (Å²) >= 11 is 0. The first-order chi connectivity index (χ1) is 13.5. The molecule has 2 N–H and O–H groups in total. The van der Waals surface area contributed by atoms with Gasteiger partial charge in [0.25, 0.3) is 11.8 Å². The van der Waals surface area contributed by atoms with Gasteiger partial charge >= 0.3 is 0 Å². The topological polar surface area (TPSA) is 78.5 Å². The summed E-state index contributed by atoms with van der Waals surface area (Å²) in [6.07, 6.45) is 3.71. The molecule has 4 rings (SSSR count). The number of para-hydroxylation sites is 1. The van der Waals surface area contributed by atoms with Gasteiger partial charge in [0.1, 0.15) is 0 Å². The highest BCUT2D eigenvalue weighted by molar-refractivity contribution is 6.18. The highest BCUT2D eigenvalue weighted by Crippen LogP contribution is 2.39. The van der Waals surface area contributed by atoms with Crippen molar-refractivity contribution < 1.29 is 14.4 Å². The number of anilines is 2. The summed E-state index contributed by atoms with van der Waals surface area (Å²) in [7, 11) is 0. The van der Waals surface area contributed by atoms with Crippen LogP contribution < -0.4 is 15.5 Å². The van der Waals surface area contributed by atoms with E-state index in [1.807, 2.05) is 24.3 Å². The fourth-order valence-electron chi connectivity index (χ4n) is 3.94. The van der Waals surface area contributed by atoms with Crippen LogP contribution in [-0.2, 0) is 16.0 Å². The van der Waals surface area contributed by atoms with Crippen molar-refractivity contribution in [1.82, 2.24) is 5.32 Å². The molecule has 6 heteroatoms. The van der Waals surface area contributed by atoms with Crippen molar-refractivity contribution in [2.45, 2.75) is 44.7 Å². The molecule has 2 aliphatic rings. The lowest BCUT2D eigenvalue weighted by atomic mass is 9.98. The Hall–Kier alpha value is -3.15. The minimum absolute atomic E-state index is 0.169. The summed E-state index contributed by atoms with van der Waals surface area (Å²) in [4.78, 5) is 39.8. The average molecular weight is 377 g/mol. The maximum Gasteiger partial charge on any atom is 0.271 e. The molecule has 2 aromatic carbocycles. The number of rotatable bonds is 5. The Balaban J connectivity index is 1.61. The third-order valence-electron chi connectivity index (χ3n) is 5.45. The predicted octanol–water partition coefficient (Wildman–Crippen LogP) is 3.23. The fraction of sp³-hybridized carbons (Fsp3) is 0.318. The summed E-state index contributed by atoms with van der Waals surface area (Å²) in [5.74, 6) is -0.911. The monoisotopic (exact) mass is 377 g/mol. The summed E-state index contributed by atoms with van der Waals surface area (Å²) in [6, 6.07) is 14.6. The lowest BCUT2D eigenvalue weighted by Crippen LogP contribution is -2.68. The van der Waals surface area contributed by atoms with E-state index in [0.29, 0.717) is 16.9 Å². The second-order valence-electron chi connectivity index (χ2n) is 7.32. The van der Waals surface area contributed by atoms with Crippen LogP contribution >= 0.6 is 0 Å². The van der Waals surface area contributed by atoms with Crippen LogP contribution in [0.1, 0.15) is 48.5 Å². The molecule has 2 aliphatic heterocycles. The van der Waals surface area contributed by atoms with E-state index in [1.54, 1.807) is 24.3 Å². The van der Waals surface area contributed by atoms with Crippen LogP contribution in [0.2, 0.25) is 0 Å². The molecular formula is C22H23N3O3. The van der Waals surface area contributed by atoms with E-state index >= 15 is 0 Å². The van der Waals surface area contributed by atoms with Gasteiger partial charge in [0.2, 0.25) is 11.6 Å². The van der Waals surface area contributed by atoms with Crippen LogP contribution in [0.4, 0.5) is 11.4 Å². The summed E-state index contributed by atoms with van der Waals surface area (Å²) in [6.45, 7) is 2.15. The van der Waals surface area contributed by atoms with Crippen molar-refractivity contribution in [1.29, 1.82) is 0 Å². The second-order valence-corrected chi connectivity index (χ2v) is 7.32. The molecule has 0 unspecified atom stereocenters. The molecule has 2 heterocycles. The molecule has 0 spiro atoms. The van der Waals surface area contributed by atoms with Crippen molar-refractivity contribution in [2.75, 3.05) is 10.2 Å². The summed E-state index contributed by atoms with van der Waals surface area (Å²) < 4.78 is 0. The molecule has 0 bridgehead atoms. The molecule has 1 atom stereocenters. The molecule has 0 radical (unpaired) electrons. The van der Waals surface area contributed by atoms with Crippen LogP contribution in [0.25, 0.3) is 0 Å². The van der Waals surface area contributed by atoms with Gasteiger partial charge in [-0.1, -0.05) is 37.6 Å². The number of nitrogens with one attached hydrogen (secondary N) is 2. The van der Waals surface area contributed by atoms with E-state index in [0.717, 1.165) is 19.3 Å². The number of carbonyl (C=O) groups is 3. The SMILES string of the molecule is CCCCc1ccc(NC(=O)[C@@]23CCC(=O)N2c2ccccc2C(=O)N3)cc1. The van der Waals surface area contributed by atoms with E-state index in [4.69, 9.17) is 0 Å². The van der Waals surface area contributed by atoms with Crippen molar-refractivity contribution >= 4 is 29.1 Å². The Labute approximate surface area is 163 Å². The lowest BCUT2D eigenvalue weighted by molar-refractivity contribution is -0.124. The Kier molecular flexibility index (Phi) is 4.63. The fourth-order valence-corrected chi connectivity index (χ4v) is 3.94. The number of hydrogen-bond acceptors (Lipinski definition) is 3. The van der Waals surface area contributed by atoms with E-state index in [-0.39, 0.29) is 24.7 Å². The van der Waals surface area contributed by atoms with Gasteiger partial charge < -0.3 is 10.6 Å². The Morgan fingerprint density at radius 3 is 2.64 bits per heavy atom. The Morgan fingerprint density at radius 2 is 1.89 bits per heavy atom. The number of nitrogens with zero attached hydrogens (tertiary/aromatic N) is 1. The molecule has 2 aromatic rings. The predicted molar refractivity (Wildman–Crippen MR) is 107 cm³/mol. The molecule has 1 fully saturated rings. The number of hydrogen-bond donors (Lipinski definition) is 2. The maximum atomic E-state index is 13.2. The normalized spacial score (nSPS) is 20.4. The maximum absolute atomic E-state index is 13.2. The van der Waals surface area contributed by atoms with Gasteiger partial charge in [-0.15, -0.1) is 0 Å². The van der Waals surface area contributed by atoms with E-state index in [2.05, 4.69) is 17.6 Å². The number of fused-ring (bicyclic) bond motifs is 3. The third kappa shape index (κ3) is 2.95. The Bertz CT molecular complexity index is 938. The minimum Gasteiger partial charge on any atom is -0.322 e. The zero-order valence-electron chi connectivity index (χ0n) is 15.8. The zero-order chi connectivity index (χ0) is 19.7. The molecule has 0 aromatic heterocycles. The first kappa shape index (κ1) is 18.2. The van der Waals surface area contributed by atoms with Gasteiger partial charge in [0.05, 0.1) is 11.3 Å². The molecule has 0 aliphatic carbocycles. The van der Waals surface area contributed by atoms with E-state index < -0.39 is 11.6 Å².